The molecule has 0 saturated heterocycles. The predicted octanol–water partition coefficient (Wildman–Crippen LogP) is 2.79. The van der Waals surface area contributed by atoms with Gasteiger partial charge in [-0.05, 0) is 25.6 Å². The van der Waals surface area contributed by atoms with E-state index in [0.717, 1.165) is 29.7 Å². The third-order valence-electron chi connectivity index (χ3n) is 3.22. The summed E-state index contributed by atoms with van der Waals surface area (Å²) in [6.45, 7) is 4.01. The van der Waals surface area contributed by atoms with Crippen molar-refractivity contribution in [3.05, 3.63) is 47.2 Å². The Balaban J connectivity index is 2.36. The number of ketones is 1. The van der Waals surface area contributed by atoms with Crippen molar-refractivity contribution < 1.29 is 4.79 Å². The highest BCUT2D eigenvalue weighted by atomic mass is 32.1. The molecule has 1 atom stereocenters. The highest BCUT2D eigenvalue weighted by Gasteiger charge is 2.28. The van der Waals surface area contributed by atoms with Gasteiger partial charge in [-0.15, -0.1) is 0 Å². The Morgan fingerprint density at radius 3 is 2.63 bits per heavy atom. The Labute approximate surface area is 119 Å². The van der Waals surface area contributed by atoms with Crippen LogP contribution in [0.1, 0.15) is 37.0 Å². The Morgan fingerprint density at radius 2 is 2.00 bits per heavy atom. The quantitative estimate of drug-likeness (QED) is 0.654. The summed E-state index contributed by atoms with van der Waals surface area (Å²) in [5.41, 5.74) is 2.37. The molecular weight excluding hydrogens is 256 g/mol. The van der Waals surface area contributed by atoms with Gasteiger partial charge in [-0.3, -0.25) is 4.79 Å². The van der Waals surface area contributed by atoms with E-state index in [2.05, 4.69) is 17.6 Å². The van der Waals surface area contributed by atoms with Crippen molar-refractivity contribution in [3.8, 4) is 0 Å². The first-order chi connectivity index (χ1) is 9.13. The number of benzene rings is 1. The van der Waals surface area contributed by atoms with Crippen LogP contribution in [0.4, 0.5) is 0 Å². The molecule has 1 heterocycles. The molecule has 0 fully saturated rings. The summed E-state index contributed by atoms with van der Waals surface area (Å²) >= 11 is 5.16. The molecule has 4 heteroatoms. The molecule has 0 radical (unpaired) electrons. The molecule has 1 aromatic rings. The van der Waals surface area contributed by atoms with E-state index in [1.807, 2.05) is 37.3 Å². The fourth-order valence-electron chi connectivity index (χ4n) is 2.34. The SMILES string of the molecule is CCC[C@H]1NC(=S)NC(C)=C1C(=O)c1ccccc1. The maximum atomic E-state index is 12.6. The number of hydrogen-bond donors (Lipinski definition) is 2. The van der Waals surface area contributed by atoms with E-state index in [1.165, 1.54) is 0 Å². The van der Waals surface area contributed by atoms with Crippen LogP contribution in [-0.4, -0.2) is 16.9 Å². The summed E-state index contributed by atoms with van der Waals surface area (Å²) in [7, 11) is 0. The summed E-state index contributed by atoms with van der Waals surface area (Å²) in [5.74, 6) is 0.0686. The zero-order valence-electron chi connectivity index (χ0n) is 11.2. The molecule has 2 rings (SSSR count). The van der Waals surface area contributed by atoms with Gasteiger partial charge in [0, 0.05) is 16.8 Å². The summed E-state index contributed by atoms with van der Waals surface area (Å²) in [6, 6.07) is 9.37. The lowest BCUT2D eigenvalue weighted by molar-refractivity contribution is 0.102. The van der Waals surface area contributed by atoms with Gasteiger partial charge >= 0.3 is 0 Å². The fraction of sp³-hybridized carbons (Fsp3) is 0.333. The van der Waals surface area contributed by atoms with Gasteiger partial charge in [0.2, 0.25) is 0 Å². The maximum Gasteiger partial charge on any atom is 0.192 e. The predicted molar refractivity (Wildman–Crippen MR) is 81.0 cm³/mol. The average Bonchev–Trinajstić information content (AvgIpc) is 2.39. The van der Waals surface area contributed by atoms with Gasteiger partial charge in [-0.1, -0.05) is 43.7 Å². The van der Waals surface area contributed by atoms with Crippen LogP contribution in [0, 0.1) is 0 Å². The van der Waals surface area contributed by atoms with Crippen LogP contribution < -0.4 is 10.6 Å². The molecule has 0 spiro atoms. The minimum absolute atomic E-state index is 0.00598. The molecule has 1 aliphatic rings. The highest BCUT2D eigenvalue weighted by molar-refractivity contribution is 7.80. The van der Waals surface area contributed by atoms with E-state index in [-0.39, 0.29) is 11.8 Å². The van der Waals surface area contributed by atoms with Crippen LogP contribution in [-0.2, 0) is 0 Å². The molecular formula is C15H18N2OS. The molecule has 2 N–H and O–H groups in total. The first-order valence-corrected chi connectivity index (χ1v) is 6.92. The van der Waals surface area contributed by atoms with Crippen molar-refractivity contribution in [3.63, 3.8) is 0 Å². The summed E-state index contributed by atoms with van der Waals surface area (Å²) < 4.78 is 0. The number of rotatable bonds is 4. The minimum atomic E-state index is 0.00598. The second-order valence-electron chi connectivity index (χ2n) is 4.67. The van der Waals surface area contributed by atoms with Crippen molar-refractivity contribution in [1.82, 2.24) is 10.6 Å². The number of carbonyl (C=O) groups excluding carboxylic acids is 1. The van der Waals surface area contributed by atoms with Gasteiger partial charge in [0.15, 0.2) is 10.9 Å². The Bertz CT molecular complexity index is 522. The number of thiocarbonyl (C=S) groups is 1. The van der Waals surface area contributed by atoms with E-state index in [1.54, 1.807) is 0 Å². The van der Waals surface area contributed by atoms with Gasteiger partial charge < -0.3 is 10.6 Å². The van der Waals surface area contributed by atoms with E-state index in [0.29, 0.717) is 5.11 Å². The van der Waals surface area contributed by atoms with Crippen molar-refractivity contribution in [2.75, 3.05) is 0 Å². The molecule has 0 unspecified atom stereocenters. The zero-order valence-corrected chi connectivity index (χ0v) is 12.0. The molecule has 19 heavy (non-hydrogen) atoms. The van der Waals surface area contributed by atoms with Crippen LogP contribution in [0.3, 0.4) is 0 Å². The van der Waals surface area contributed by atoms with Gasteiger partial charge in [0.05, 0.1) is 6.04 Å². The molecule has 1 aliphatic heterocycles. The number of nitrogens with one attached hydrogen (secondary N) is 2. The second kappa shape index (κ2) is 5.97. The van der Waals surface area contributed by atoms with E-state index >= 15 is 0 Å². The number of Topliss-reactive ketones (excluding diaryl/α,β-unsaturated/α-hetero) is 1. The molecule has 0 amide bonds. The standard InChI is InChI=1S/C15H18N2OS/c1-3-7-12-13(10(2)16-15(19)17-12)14(18)11-8-5-4-6-9-11/h4-6,8-9,12H,3,7H2,1-2H3,(H2,16,17,19)/t12-/m1/s1. The summed E-state index contributed by atoms with van der Waals surface area (Å²) in [5, 5.41) is 6.84. The van der Waals surface area contributed by atoms with Crippen LogP contribution in [0.15, 0.2) is 41.6 Å². The van der Waals surface area contributed by atoms with E-state index in [4.69, 9.17) is 12.2 Å². The smallest absolute Gasteiger partial charge is 0.192 e. The van der Waals surface area contributed by atoms with E-state index < -0.39 is 0 Å². The third-order valence-corrected chi connectivity index (χ3v) is 3.44. The molecule has 0 aromatic heterocycles. The normalized spacial score (nSPS) is 18.8. The van der Waals surface area contributed by atoms with E-state index in [9.17, 15) is 4.79 Å². The van der Waals surface area contributed by atoms with Gasteiger partial charge in [0.1, 0.15) is 0 Å². The molecule has 100 valence electrons. The van der Waals surface area contributed by atoms with Gasteiger partial charge in [0.25, 0.3) is 0 Å². The molecule has 0 saturated carbocycles. The topological polar surface area (TPSA) is 41.1 Å². The lowest BCUT2D eigenvalue weighted by atomic mass is 9.92. The molecule has 1 aromatic carbocycles. The van der Waals surface area contributed by atoms with Crippen molar-refractivity contribution >= 4 is 23.1 Å². The monoisotopic (exact) mass is 274 g/mol. The summed E-state index contributed by atoms with van der Waals surface area (Å²) in [6.07, 6.45) is 1.90. The molecule has 0 bridgehead atoms. The van der Waals surface area contributed by atoms with Crippen molar-refractivity contribution in [2.45, 2.75) is 32.7 Å². The fourth-order valence-corrected chi connectivity index (χ4v) is 2.64. The largest absolute Gasteiger partial charge is 0.355 e. The Kier molecular flexibility index (Phi) is 4.32. The lowest BCUT2D eigenvalue weighted by Crippen LogP contribution is -2.49. The van der Waals surface area contributed by atoms with Crippen LogP contribution >= 0.6 is 12.2 Å². The Morgan fingerprint density at radius 1 is 1.32 bits per heavy atom. The Hall–Kier alpha value is -1.68. The maximum absolute atomic E-state index is 12.6. The second-order valence-corrected chi connectivity index (χ2v) is 5.08. The van der Waals surface area contributed by atoms with Gasteiger partial charge in [-0.2, -0.15) is 0 Å². The first kappa shape index (κ1) is 13.7. The van der Waals surface area contributed by atoms with Gasteiger partial charge in [-0.25, -0.2) is 0 Å². The van der Waals surface area contributed by atoms with Crippen LogP contribution in [0.5, 0.6) is 0 Å². The third kappa shape index (κ3) is 3.01. The minimum Gasteiger partial charge on any atom is -0.355 e. The number of allylic oxidation sites excluding steroid dienone is 1. The zero-order chi connectivity index (χ0) is 13.8. The molecule has 3 nitrogen and oxygen atoms in total. The molecule has 0 aliphatic carbocycles. The van der Waals surface area contributed by atoms with Crippen molar-refractivity contribution in [2.24, 2.45) is 0 Å². The lowest BCUT2D eigenvalue weighted by Gasteiger charge is -2.29. The van der Waals surface area contributed by atoms with Crippen molar-refractivity contribution in [1.29, 1.82) is 0 Å². The highest BCUT2D eigenvalue weighted by Crippen LogP contribution is 2.20. The first-order valence-electron chi connectivity index (χ1n) is 6.51. The summed E-state index contributed by atoms with van der Waals surface area (Å²) in [4.78, 5) is 12.6. The number of carbonyl (C=O) groups is 1. The van der Waals surface area contributed by atoms with Crippen LogP contribution in [0.2, 0.25) is 0 Å². The number of hydrogen-bond acceptors (Lipinski definition) is 2. The average molecular weight is 274 g/mol. The van der Waals surface area contributed by atoms with Crippen LogP contribution in [0.25, 0.3) is 0 Å².